The van der Waals surface area contributed by atoms with Crippen LogP contribution in [0.2, 0.25) is 0 Å². The fraction of sp³-hybridized carbons (Fsp3) is 0.333. The average molecular weight is 251 g/mol. The van der Waals surface area contributed by atoms with E-state index in [0.29, 0.717) is 6.07 Å². The number of pyridine rings is 1. The molecular formula is C9H8F3NO2S. The second-order valence-electron chi connectivity index (χ2n) is 2.72. The molecule has 0 aromatic carbocycles. The fourth-order valence-electron chi connectivity index (χ4n) is 0.863. The number of ether oxygens (including phenoxy) is 1. The summed E-state index contributed by atoms with van der Waals surface area (Å²) < 4.78 is 42.5. The van der Waals surface area contributed by atoms with E-state index in [-0.39, 0.29) is 17.2 Å². The van der Waals surface area contributed by atoms with Gasteiger partial charge in [-0.1, -0.05) is 0 Å². The second-order valence-corrected chi connectivity index (χ2v) is 3.81. The van der Waals surface area contributed by atoms with Gasteiger partial charge in [-0.3, -0.25) is 4.79 Å². The fourth-order valence-corrected chi connectivity index (χ4v) is 1.67. The number of hydrogen-bond donors (Lipinski definition) is 0. The van der Waals surface area contributed by atoms with Crippen molar-refractivity contribution in [1.82, 2.24) is 4.98 Å². The summed E-state index contributed by atoms with van der Waals surface area (Å²) in [5.74, 6) is -3.93. The molecule has 0 spiro atoms. The molecule has 0 N–H and O–H groups in total. The standard InChI is InChI=1S/C9H8F3NO2S/c1-15-7(14)2-3-16-9-6(11)4-5(10)8(12)13-9/h4H,2-3H2,1H3. The normalized spacial score (nSPS) is 10.2. The maximum absolute atomic E-state index is 13.0. The lowest BCUT2D eigenvalue weighted by Crippen LogP contribution is -2.02. The molecule has 0 atom stereocenters. The zero-order valence-electron chi connectivity index (χ0n) is 8.30. The molecule has 1 aromatic rings. The Morgan fingerprint density at radius 2 is 2.12 bits per heavy atom. The predicted octanol–water partition coefficient (Wildman–Crippen LogP) is 2.15. The van der Waals surface area contributed by atoms with Crippen LogP contribution in [0.5, 0.6) is 0 Å². The van der Waals surface area contributed by atoms with E-state index < -0.39 is 23.6 Å². The van der Waals surface area contributed by atoms with Gasteiger partial charge >= 0.3 is 5.97 Å². The molecule has 0 aliphatic rings. The van der Waals surface area contributed by atoms with Gasteiger partial charge < -0.3 is 4.74 Å². The van der Waals surface area contributed by atoms with Crippen LogP contribution < -0.4 is 0 Å². The quantitative estimate of drug-likeness (QED) is 0.467. The van der Waals surface area contributed by atoms with Crippen molar-refractivity contribution in [1.29, 1.82) is 0 Å². The monoisotopic (exact) mass is 251 g/mol. The summed E-state index contributed by atoms with van der Waals surface area (Å²) in [5, 5.41) is -0.275. The van der Waals surface area contributed by atoms with Crippen LogP contribution in [0.25, 0.3) is 0 Å². The minimum Gasteiger partial charge on any atom is -0.469 e. The number of carbonyl (C=O) groups is 1. The lowest BCUT2D eigenvalue weighted by molar-refractivity contribution is -0.140. The number of carbonyl (C=O) groups excluding carboxylic acids is 1. The van der Waals surface area contributed by atoms with Gasteiger partial charge in [0.2, 0.25) is 5.95 Å². The van der Waals surface area contributed by atoms with Gasteiger partial charge in [-0.25, -0.2) is 13.8 Å². The summed E-state index contributed by atoms with van der Waals surface area (Å²) >= 11 is 0.820. The van der Waals surface area contributed by atoms with Crippen LogP contribution in [0.3, 0.4) is 0 Å². The largest absolute Gasteiger partial charge is 0.469 e. The molecule has 16 heavy (non-hydrogen) atoms. The highest BCUT2D eigenvalue weighted by molar-refractivity contribution is 7.99. The molecule has 3 nitrogen and oxygen atoms in total. The van der Waals surface area contributed by atoms with Crippen molar-refractivity contribution in [2.24, 2.45) is 0 Å². The molecule has 0 aliphatic heterocycles. The van der Waals surface area contributed by atoms with E-state index in [1.165, 1.54) is 7.11 Å². The van der Waals surface area contributed by atoms with Crippen LogP contribution in [0.4, 0.5) is 13.2 Å². The third-order valence-electron chi connectivity index (χ3n) is 1.63. The van der Waals surface area contributed by atoms with E-state index in [1.807, 2.05) is 0 Å². The number of thioether (sulfide) groups is 1. The first kappa shape index (κ1) is 12.8. The number of nitrogens with zero attached hydrogens (tertiary/aromatic N) is 1. The number of esters is 1. The first-order valence-electron chi connectivity index (χ1n) is 4.25. The summed E-state index contributed by atoms with van der Waals surface area (Å²) in [7, 11) is 1.23. The van der Waals surface area contributed by atoms with E-state index >= 15 is 0 Å². The van der Waals surface area contributed by atoms with Crippen molar-refractivity contribution >= 4 is 17.7 Å². The van der Waals surface area contributed by atoms with Gasteiger partial charge in [0.1, 0.15) is 5.03 Å². The molecule has 1 aromatic heterocycles. The Morgan fingerprint density at radius 1 is 1.44 bits per heavy atom. The average Bonchev–Trinajstić information content (AvgIpc) is 2.25. The van der Waals surface area contributed by atoms with Gasteiger partial charge in [0.25, 0.3) is 0 Å². The van der Waals surface area contributed by atoms with Crippen LogP contribution in [-0.4, -0.2) is 23.8 Å². The smallest absolute Gasteiger partial charge is 0.306 e. The number of hydrogen-bond acceptors (Lipinski definition) is 4. The molecule has 0 amide bonds. The molecule has 7 heteroatoms. The van der Waals surface area contributed by atoms with E-state index in [2.05, 4.69) is 9.72 Å². The molecule has 0 radical (unpaired) electrons. The third kappa shape index (κ3) is 3.41. The topological polar surface area (TPSA) is 39.2 Å². The van der Waals surface area contributed by atoms with Crippen LogP contribution >= 0.6 is 11.8 Å². The molecule has 88 valence electrons. The van der Waals surface area contributed by atoms with E-state index in [9.17, 15) is 18.0 Å². The third-order valence-corrected chi connectivity index (χ3v) is 2.60. The van der Waals surface area contributed by atoms with Crippen LogP contribution in [0.1, 0.15) is 6.42 Å². The van der Waals surface area contributed by atoms with Crippen molar-refractivity contribution in [3.8, 4) is 0 Å². The zero-order valence-corrected chi connectivity index (χ0v) is 9.11. The first-order valence-corrected chi connectivity index (χ1v) is 5.24. The maximum Gasteiger partial charge on any atom is 0.306 e. The van der Waals surface area contributed by atoms with E-state index in [1.54, 1.807) is 0 Å². The number of rotatable bonds is 4. The minimum absolute atomic E-state index is 0.0429. The van der Waals surface area contributed by atoms with Gasteiger partial charge in [-0.15, -0.1) is 11.8 Å². The van der Waals surface area contributed by atoms with Gasteiger partial charge in [0.05, 0.1) is 13.5 Å². The second kappa shape index (κ2) is 5.74. The van der Waals surface area contributed by atoms with Gasteiger partial charge in [0.15, 0.2) is 11.6 Å². The van der Waals surface area contributed by atoms with Gasteiger partial charge in [-0.2, -0.15) is 4.39 Å². The Kier molecular flexibility index (Phi) is 4.60. The molecule has 0 unspecified atom stereocenters. The Labute approximate surface area is 94.0 Å². The number of halogens is 3. The van der Waals surface area contributed by atoms with Gasteiger partial charge in [-0.05, 0) is 0 Å². The summed E-state index contributed by atoms with van der Waals surface area (Å²) in [6.07, 6.45) is 0.0429. The molecule has 0 bridgehead atoms. The molecule has 0 saturated carbocycles. The highest BCUT2D eigenvalue weighted by atomic mass is 32.2. The molecule has 0 aliphatic carbocycles. The molecule has 1 rings (SSSR count). The highest BCUT2D eigenvalue weighted by Gasteiger charge is 2.12. The van der Waals surface area contributed by atoms with Crippen molar-refractivity contribution in [3.63, 3.8) is 0 Å². The van der Waals surface area contributed by atoms with E-state index in [4.69, 9.17) is 0 Å². The molecule has 1 heterocycles. The van der Waals surface area contributed by atoms with Crippen LogP contribution in [0, 0.1) is 17.6 Å². The molecule has 0 fully saturated rings. The lowest BCUT2D eigenvalue weighted by atomic mass is 10.4. The first-order chi connectivity index (χ1) is 7.54. The highest BCUT2D eigenvalue weighted by Crippen LogP contribution is 2.21. The Bertz CT molecular complexity index is 401. The summed E-state index contributed by atoms with van der Waals surface area (Å²) in [4.78, 5) is 13.8. The zero-order chi connectivity index (χ0) is 12.1. The van der Waals surface area contributed by atoms with Crippen molar-refractivity contribution in [2.75, 3.05) is 12.9 Å². The van der Waals surface area contributed by atoms with E-state index in [0.717, 1.165) is 11.8 Å². The summed E-state index contributed by atoms with van der Waals surface area (Å²) in [6.45, 7) is 0. The molecular weight excluding hydrogens is 243 g/mol. The molecule has 0 saturated heterocycles. The Balaban J connectivity index is 2.60. The summed E-state index contributed by atoms with van der Waals surface area (Å²) in [5.41, 5.74) is 0. The number of aromatic nitrogens is 1. The lowest BCUT2D eigenvalue weighted by Gasteiger charge is -2.02. The van der Waals surface area contributed by atoms with Crippen molar-refractivity contribution in [2.45, 2.75) is 11.4 Å². The minimum atomic E-state index is -1.36. The predicted molar refractivity (Wildman–Crippen MR) is 51.5 cm³/mol. The van der Waals surface area contributed by atoms with Gasteiger partial charge in [0, 0.05) is 11.8 Å². The SMILES string of the molecule is COC(=O)CCSc1nc(F)c(F)cc1F. The van der Waals surface area contributed by atoms with Crippen LogP contribution in [0.15, 0.2) is 11.1 Å². The number of methoxy groups -OCH3 is 1. The van der Waals surface area contributed by atoms with Crippen molar-refractivity contribution in [3.05, 3.63) is 23.6 Å². The maximum atomic E-state index is 13.0. The Morgan fingerprint density at radius 3 is 2.75 bits per heavy atom. The van der Waals surface area contributed by atoms with Crippen LogP contribution in [-0.2, 0) is 9.53 Å². The summed E-state index contributed by atoms with van der Waals surface area (Å²) in [6, 6.07) is 0.419. The Hall–Kier alpha value is -1.24. The van der Waals surface area contributed by atoms with Crippen molar-refractivity contribution < 1.29 is 22.7 Å².